The summed E-state index contributed by atoms with van der Waals surface area (Å²) in [6, 6.07) is 17.3. The third kappa shape index (κ3) is 3.41. The summed E-state index contributed by atoms with van der Waals surface area (Å²) < 4.78 is 28.2. The fraction of sp³-hybridized carbons (Fsp3) is 0.100. The fourth-order valence-corrected chi connectivity index (χ4v) is 4.56. The number of hydrogen-bond acceptors (Lipinski definition) is 4. The van der Waals surface area contributed by atoms with Crippen molar-refractivity contribution < 1.29 is 13.2 Å². The van der Waals surface area contributed by atoms with E-state index >= 15 is 0 Å². The molecular weight excluding hydrogens is 362 g/mol. The molecule has 1 aliphatic heterocycles. The predicted molar refractivity (Wildman–Crippen MR) is 103 cm³/mol. The van der Waals surface area contributed by atoms with Crippen molar-refractivity contribution in [2.45, 2.75) is 17.9 Å². The summed E-state index contributed by atoms with van der Waals surface area (Å²) in [5.41, 5.74) is 2.70. The summed E-state index contributed by atoms with van der Waals surface area (Å²) in [4.78, 5) is 15.8. The first-order chi connectivity index (χ1) is 13.0. The van der Waals surface area contributed by atoms with Gasteiger partial charge in [-0.2, -0.15) is 0 Å². The number of amides is 1. The molecule has 0 unspecified atom stereocenters. The Bertz CT molecular complexity index is 1080. The molecule has 0 radical (unpaired) electrons. The number of nitrogens with zero attached hydrogens (tertiary/aromatic N) is 2. The standard InChI is InChI=1S/C20H17N3O3S/c24-20-12-16-11-18(8-9-19(16)22-20)27(25,26)23(17-6-2-1-3-7-17)14-15-5-4-10-21-13-15/h1-11,13H,12,14H2,(H,22,24). The van der Waals surface area contributed by atoms with E-state index in [4.69, 9.17) is 0 Å². The Morgan fingerprint density at radius 3 is 2.59 bits per heavy atom. The average molecular weight is 379 g/mol. The van der Waals surface area contributed by atoms with Crippen LogP contribution in [0.1, 0.15) is 11.1 Å². The summed E-state index contributed by atoms with van der Waals surface area (Å²) in [5, 5.41) is 2.72. The van der Waals surface area contributed by atoms with Gasteiger partial charge in [-0.25, -0.2) is 8.42 Å². The highest BCUT2D eigenvalue weighted by Gasteiger charge is 2.27. The smallest absolute Gasteiger partial charge is 0.264 e. The molecule has 7 heteroatoms. The van der Waals surface area contributed by atoms with E-state index in [1.807, 2.05) is 12.1 Å². The summed E-state index contributed by atoms with van der Waals surface area (Å²) in [5.74, 6) is -0.130. The van der Waals surface area contributed by atoms with Crippen molar-refractivity contribution in [3.05, 3.63) is 84.2 Å². The minimum absolute atomic E-state index is 0.130. The monoisotopic (exact) mass is 379 g/mol. The molecule has 6 nitrogen and oxygen atoms in total. The Labute approximate surface area is 157 Å². The third-order valence-electron chi connectivity index (χ3n) is 4.38. The van der Waals surface area contributed by atoms with E-state index < -0.39 is 10.0 Å². The Morgan fingerprint density at radius 2 is 1.85 bits per heavy atom. The minimum atomic E-state index is -3.82. The number of carbonyl (C=O) groups is 1. The van der Waals surface area contributed by atoms with Crippen molar-refractivity contribution in [1.82, 2.24) is 4.98 Å². The van der Waals surface area contributed by atoms with Crippen LogP contribution >= 0.6 is 0 Å². The lowest BCUT2D eigenvalue weighted by Crippen LogP contribution is -2.30. The van der Waals surface area contributed by atoms with Crippen LogP contribution in [-0.4, -0.2) is 19.3 Å². The van der Waals surface area contributed by atoms with Gasteiger partial charge in [0, 0.05) is 18.1 Å². The second-order valence-electron chi connectivity index (χ2n) is 6.25. The molecule has 0 spiro atoms. The molecule has 0 aliphatic carbocycles. The fourth-order valence-electron chi connectivity index (χ4n) is 3.06. The minimum Gasteiger partial charge on any atom is -0.326 e. The molecule has 1 N–H and O–H groups in total. The maximum atomic E-state index is 13.4. The van der Waals surface area contributed by atoms with Gasteiger partial charge in [-0.1, -0.05) is 24.3 Å². The number of para-hydroxylation sites is 1. The van der Waals surface area contributed by atoms with Crippen LogP contribution in [0.5, 0.6) is 0 Å². The van der Waals surface area contributed by atoms with E-state index in [2.05, 4.69) is 10.3 Å². The number of pyridine rings is 1. The molecule has 1 amide bonds. The van der Waals surface area contributed by atoms with Crippen LogP contribution in [0.25, 0.3) is 0 Å². The molecule has 2 aromatic carbocycles. The number of hydrogen-bond donors (Lipinski definition) is 1. The molecule has 136 valence electrons. The Kier molecular flexibility index (Phi) is 4.37. The van der Waals surface area contributed by atoms with Gasteiger partial charge in [-0.05, 0) is 47.5 Å². The van der Waals surface area contributed by atoms with E-state index in [0.29, 0.717) is 16.9 Å². The van der Waals surface area contributed by atoms with Gasteiger partial charge in [0.25, 0.3) is 10.0 Å². The number of rotatable bonds is 5. The zero-order valence-corrected chi connectivity index (χ0v) is 15.2. The topological polar surface area (TPSA) is 79.4 Å². The van der Waals surface area contributed by atoms with Crippen LogP contribution in [0, 0.1) is 0 Å². The van der Waals surface area contributed by atoms with E-state index in [-0.39, 0.29) is 23.8 Å². The number of aromatic nitrogens is 1. The zero-order valence-electron chi connectivity index (χ0n) is 14.4. The lowest BCUT2D eigenvalue weighted by molar-refractivity contribution is -0.115. The van der Waals surface area contributed by atoms with Crippen LogP contribution in [-0.2, 0) is 27.8 Å². The van der Waals surface area contributed by atoms with Crippen molar-refractivity contribution in [3.63, 3.8) is 0 Å². The molecule has 2 heterocycles. The SMILES string of the molecule is O=C1Cc2cc(S(=O)(=O)N(Cc3cccnc3)c3ccccc3)ccc2N1. The van der Waals surface area contributed by atoms with Crippen molar-refractivity contribution >= 4 is 27.3 Å². The second kappa shape index (κ2) is 6.85. The molecule has 3 aromatic rings. The predicted octanol–water partition coefficient (Wildman–Crippen LogP) is 2.97. The highest BCUT2D eigenvalue weighted by molar-refractivity contribution is 7.92. The van der Waals surface area contributed by atoms with Crippen molar-refractivity contribution in [2.75, 3.05) is 9.62 Å². The molecule has 0 saturated heterocycles. The van der Waals surface area contributed by atoms with Gasteiger partial charge in [0.2, 0.25) is 5.91 Å². The molecule has 0 atom stereocenters. The molecule has 0 saturated carbocycles. The first-order valence-corrected chi connectivity index (χ1v) is 9.87. The highest BCUT2D eigenvalue weighted by Crippen LogP contribution is 2.30. The van der Waals surface area contributed by atoms with Gasteiger partial charge in [0.15, 0.2) is 0 Å². The number of anilines is 2. The maximum absolute atomic E-state index is 13.4. The van der Waals surface area contributed by atoms with Crippen LogP contribution in [0.15, 0.2) is 78.0 Å². The Morgan fingerprint density at radius 1 is 1.04 bits per heavy atom. The zero-order chi connectivity index (χ0) is 18.9. The number of sulfonamides is 1. The van der Waals surface area contributed by atoms with Crippen LogP contribution in [0.4, 0.5) is 11.4 Å². The van der Waals surface area contributed by atoms with Gasteiger partial charge in [0.05, 0.1) is 23.5 Å². The largest absolute Gasteiger partial charge is 0.326 e. The molecule has 0 bridgehead atoms. The molecule has 0 fully saturated rings. The first-order valence-electron chi connectivity index (χ1n) is 8.43. The second-order valence-corrected chi connectivity index (χ2v) is 8.11. The van der Waals surface area contributed by atoms with Gasteiger partial charge in [-0.15, -0.1) is 0 Å². The number of nitrogens with one attached hydrogen (secondary N) is 1. The number of fused-ring (bicyclic) bond motifs is 1. The molecule has 4 rings (SSSR count). The van der Waals surface area contributed by atoms with Gasteiger partial charge in [-0.3, -0.25) is 14.1 Å². The van der Waals surface area contributed by atoms with Crippen LogP contribution < -0.4 is 9.62 Å². The Balaban J connectivity index is 1.77. The van der Waals surface area contributed by atoms with Crippen LogP contribution in [0.2, 0.25) is 0 Å². The maximum Gasteiger partial charge on any atom is 0.264 e. The van der Waals surface area contributed by atoms with Gasteiger partial charge in [0.1, 0.15) is 0 Å². The van der Waals surface area contributed by atoms with E-state index in [1.54, 1.807) is 54.9 Å². The van der Waals surface area contributed by atoms with Gasteiger partial charge >= 0.3 is 0 Å². The molecule has 27 heavy (non-hydrogen) atoms. The summed E-state index contributed by atoms with van der Waals surface area (Å²) in [6.07, 6.45) is 3.48. The number of carbonyl (C=O) groups excluding carboxylic acids is 1. The van der Waals surface area contributed by atoms with E-state index in [0.717, 1.165) is 5.56 Å². The van der Waals surface area contributed by atoms with Gasteiger partial charge < -0.3 is 5.32 Å². The molecule has 1 aromatic heterocycles. The van der Waals surface area contributed by atoms with Crippen molar-refractivity contribution in [3.8, 4) is 0 Å². The quantitative estimate of drug-likeness (QED) is 0.739. The van der Waals surface area contributed by atoms with E-state index in [1.165, 1.54) is 10.4 Å². The van der Waals surface area contributed by atoms with Crippen LogP contribution in [0.3, 0.4) is 0 Å². The summed E-state index contributed by atoms with van der Waals surface area (Å²) >= 11 is 0. The summed E-state index contributed by atoms with van der Waals surface area (Å²) in [6.45, 7) is 0.161. The van der Waals surface area contributed by atoms with Crippen molar-refractivity contribution in [1.29, 1.82) is 0 Å². The molecular formula is C20H17N3O3S. The summed E-state index contributed by atoms with van der Waals surface area (Å²) in [7, 11) is -3.82. The third-order valence-corrected chi connectivity index (χ3v) is 6.15. The lowest BCUT2D eigenvalue weighted by Gasteiger charge is -2.25. The normalized spacial score (nSPS) is 13.1. The van der Waals surface area contributed by atoms with Crippen molar-refractivity contribution in [2.24, 2.45) is 0 Å². The van der Waals surface area contributed by atoms with E-state index in [9.17, 15) is 13.2 Å². The average Bonchev–Trinajstić information content (AvgIpc) is 3.06. The Hall–Kier alpha value is -3.19. The number of benzene rings is 2. The highest BCUT2D eigenvalue weighted by atomic mass is 32.2. The molecule has 1 aliphatic rings. The lowest BCUT2D eigenvalue weighted by atomic mass is 10.2. The first kappa shape index (κ1) is 17.2.